The van der Waals surface area contributed by atoms with Crippen LogP contribution in [0.1, 0.15) is 122 Å². The third kappa shape index (κ3) is 7.57. The summed E-state index contributed by atoms with van der Waals surface area (Å²) in [7, 11) is 0. The Kier molecular flexibility index (Phi) is 10.7. The maximum atomic E-state index is 2.73. The van der Waals surface area contributed by atoms with Gasteiger partial charge in [0.2, 0.25) is 0 Å². The van der Waals surface area contributed by atoms with Crippen LogP contribution in [0.2, 0.25) is 0 Å². The third-order valence-electron chi connectivity index (χ3n) is 15.2. The molecule has 0 aliphatic carbocycles. The number of hydrogen-bond acceptors (Lipinski definition) is 4. The number of rotatable bonds is 4. The SMILES string of the molecule is Cc1cc(C(C)(C)C)cc(C)c1N1c2cc(C(C)(C)C)cc3c2B(c2cc(-c4cc5ccccc5s4)ccc2N3c2c(C)cc(C(C)(C)C)cc2-c2ccccc2)c2sc3ccc(C(C)(C)C)cc3c21. The van der Waals surface area contributed by atoms with Gasteiger partial charge in [0.15, 0.2) is 0 Å². The molecule has 11 rings (SSSR count). The number of nitrogens with zero attached hydrogens (tertiary/aromatic N) is 2. The topological polar surface area (TPSA) is 6.48 Å². The Labute approximate surface area is 426 Å². The van der Waals surface area contributed by atoms with Gasteiger partial charge in [0.05, 0.1) is 17.1 Å². The van der Waals surface area contributed by atoms with Crippen molar-refractivity contribution in [1.82, 2.24) is 0 Å². The minimum absolute atomic E-state index is 0.00914. The molecule has 0 bridgehead atoms. The molecule has 0 fully saturated rings. The smallest absolute Gasteiger partial charge is 0.264 e. The van der Waals surface area contributed by atoms with Crippen LogP contribution >= 0.6 is 22.7 Å². The van der Waals surface area contributed by atoms with Crippen LogP contribution in [-0.4, -0.2) is 6.71 Å². The van der Waals surface area contributed by atoms with E-state index in [1.165, 1.54) is 131 Å². The molecule has 70 heavy (non-hydrogen) atoms. The van der Waals surface area contributed by atoms with Crippen molar-refractivity contribution in [2.24, 2.45) is 0 Å². The van der Waals surface area contributed by atoms with Crippen molar-refractivity contribution in [2.75, 3.05) is 9.80 Å². The maximum absolute atomic E-state index is 2.73. The Hall–Kier alpha value is -5.88. The molecule has 0 spiro atoms. The summed E-state index contributed by atoms with van der Waals surface area (Å²) < 4.78 is 4.06. The first kappa shape index (κ1) is 46.5. The van der Waals surface area contributed by atoms with E-state index in [9.17, 15) is 0 Å². The molecular weight excluding hydrogens is 884 g/mol. The zero-order chi connectivity index (χ0) is 49.6. The summed E-state index contributed by atoms with van der Waals surface area (Å²) in [5.74, 6) is 0. The number of thiophene rings is 2. The van der Waals surface area contributed by atoms with Crippen LogP contribution in [0.5, 0.6) is 0 Å². The van der Waals surface area contributed by atoms with Gasteiger partial charge in [-0.2, -0.15) is 0 Å². The fourth-order valence-electron chi connectivity index (χ4n) is 11.2. The summed E-state index contributed by atoms with van der Waals surface area (Å²) in [6.45, 7) is 35.3. The van der Waals surface area contributed by atoms with Gasteiger partial charge in [-0.3, -0.25) is 0 Å². The number of fused-ring (bicyclic) bond motifs is 7. The van der Waals surface area contributed by atoms with Gasteiger partial charge in [0.1, 0.15) is 0 Å². The predicted octanol–water partition coefficient (Wildman–Crippen LogP) is 17.6. The molecule has 0 unspecified atom stereocenters. The Morgan fingerprint density at radius 2 is 0.986 bits per heavy atom. The van der Waals surface area contributed by atoms with Crippen LogP contribution in [0, 0.1) is 20.8 Å². The van der Waals surface area contributed by atoms with E-state index in [1.54, 1.807) is 0 Å². The molecular formula is C65H67BN2S2. The van der Waals surface area contributed by atoms with Crippen molar-refractivity contribution in [1.29, 1.82) is 0 Å². The molecule has 0 atom stereocenters. The van der Waals surface area contributed by atoms with Gasteiger partial charge in [0, 0.05) is 47.1 Å². The maximum Gasteiger partial charge on any atom is 0.264 e. The Balaban J connectivity index is 1.32. The number of anilines is 6. The quantitative estimate of drug-likeness (QED) is 0.162. The molecule has 0 radical (unpaired) electrons. The summed E-state index contributed by atoms with van der Waals surface area (Å²) in [4.78, 5) is 6.72. The second-order valence-electron chi connectivity index (χ2n) is 24.5. The van der Waals surface area contributed by atoms with Crippen LogP contribution in [0.25, 0.3) is 41.7 Å². The van der Waals surface area contributed by atoms with E-state index in [-0.39, 0.29) is 28.4 Å². The van der Waals surface area contributed by atoms with Gasteiger partial charge < -0.3 is 9.80 Å². The second-order valence-corrected chi connectivity index (χ2v) is 26.7. The van der Waals surface area contributed by atoms with Crippen molar-refractivity contribution in [3.05, 3.63) is 172 Å². The highest BCUT2D eigenvalue weighted by Crippen LogP contribution is 2.53. The van der Waals surface area contributed by atoms with Gasteiger partial charge in [-0.25, -0.2) is 0 Å². The van der Waals surface area contributed by atoms with Crippen molar-refractivity contribution >= 4 is 99.4 Å². The highest BCUT2D eigenvalue weighted by molar-refractivity contribution is 7.33. The Morgan fingerprint density at radius 3 is 1.61 bits per heavy atom. The minimum Gasteiger partial charge on any atom is -0.311 e. The van der Waals surface area contributed by atoms with E-state index in [1.807, 2.05) is 22.7 Å². The highest BCUT2D eigenvalue weighted by atomic mass is 32.1. The molecule has 5 heteroatoms. The highest BCUT2D eigenvalue weighted by Gasteiger charge is 2.47. The van der Waals surface area contributed by atoms with Crippen LogP contribution in [0.3, 0.4) is 0 Å². The predicted molar refractivity (Wildman–Crippen MR) is 311 cm³/mol. The van der Waals surface area contributed by atoms with Crippen LogP contribution in [-0.2, 0) is 21.7 Å². The number of benzene rings is 7. The molecule has 2 aromatic heterocycles. The van der Waals surface area contributed by atoms with Gasteiger partial charge in [-0.15, -0.1) is 22.7 Å². The first-order valence-electron chi connectivity index (χ1n) is 25.3. The summed E-state index contributed by atoms with van der Waals surface area (Å²) in [6.07, 6.45) is 0. The molecule has 2 aliphatic heterocycles. The molecule has 2 aliphatic rings. The first-order valence-corrected chi connectivity index (χ1v) is 26.9. The summed E-state index contributed by atoms with van der Waals surface area (Å²) in [5.41, 5.74) is 23.2. The Morgan fingerprint density at radius 1 is 0.414 bits per heavy atom. The zero-order valence-corrected chi connectivity index (χ0v) is 45.6. The summed E-state index contributed by atoms with van der Waals surface area (Å²) in [5, 5.41) is 2.63. The molecule has 0 amide bonds. The lowest BCUT2D eigenvalue weighted by Crippen LogP contribution is -2.60. The molecule has 9 aromatic rings. The lowest BCUT2D eigenvalue weighted by molar-refractivity contribution is 0.589. The molecule has 0 saturated carbocycles. The van der Waals surface area contributed by atoms with Gasteiger partial charge >= 0.3 is 0 Å². The molecule has 7 aromatic carbocycles. The molecule has 352 valence electrons. The molecule has 0 N–H and O–H groups in total. The van der Waals surface area contributed by atoms with Gasteiger partial charge in [-0.05, 0) is 157 Å². The first-order chi connectivity index (χ1) is 33.0. The van der Waals surface area contributed by atoms with E-state index in [0.29, 0.717) is 0 Å². The van der Waals surface area contributed by atoms with E-state index < -0.39 is 0 Å². The molecule has 4 heterocycles. The van der Waals surface area contributed by atoms with E-state index in [4.69, 9.17) is 0 Å². The van der Waals surface area contributed by atoms with Crippen molar-refractivity contribution in [3.63, 3.8) is 0 Å². The minimum atomic E-state index is -0.145. The van der Waals surface area contributed by atoms with E-state index in [2.05, 4.69) is 247 Å². The number of aryl methyl sites for hydroxylation is 3. The molecule has 0 saturated heterocycles. The van der Waals surface area contributed by atoms with Crippen molar-refractivity contribution < 1.29 is 0 Å². The fourth-order valence-corrected chi connectivity index (χ4v) is 13.6. The average Bonchev–Trinajstić information content (AvgIpc) is 3.90. The fraction of sp³-hybridized carbons (Fsp3) is 0.292. The standard InChI is InChI=1S/C65H67BN2S2/c1-38-29-45(63(7,8)9)30-39(2)58(38)68-53-37-47(65(13,14)15)36-52-57(53)66(61-60(68)49-34-44(62(4,5)6)26-28-55(49)70-61)50-32-43(56-33-42-23-19-20-24-54(42)69-56)25-27-51(50)67(52)59-40(3)31-46(64(10,11)12)35-48(59)41-21-17-16-18-22-41/h16-37H,1-15H3. The average molecular weight is 951 g/mol. The lowest BCUT2D eigenvalue weighted by Gasteiger charge is -2.45. The van der Waals surface area contributed by atoms with Crippen LogP contribution in [0.15, 0.2) is 133 Å². The normalized spacial score (nSPS) is 13.8. The van der Waals surface area contributed by atoms with Crippen LogP contribution < -0.4 is 25.5 Å². The van der Waals surface area contributed by atoms with Gasteiger partial charge in [0.25, 0.3) is 6.71 Å². The third-order valence-corrected chi connectivity index (χ3v) is 17.5. The van der Waals surface area contributed by atoms with Crippen molar-refractivity contribution in [2.45, 2.75) is 126 Å². The zero-order valence-electron chi connectivity index (χ0n) is 44.0. The second kappa shape index (κ2) is 16.1. The van der Waals surface area contributed by atoms with E-state index in [0.717, 1.165) is 0 Å². The van der Waals surface area contributed by atoms with Gasteiger partial charge in [-0.1, -0.05) is 168 Å². The summed E-state index contributed by atoms with van der Waals surface area (Å²) >= 11 is 3.90. The van der Waals surface area contributed by atoms with Crippen molar-refractivity contribution in [3.8, 4) is 21.6 Å². The monoisotopic (exact) mass is 950 g/mol. The summed E-state index contributed by atoms with van der Waals surface area (Å²) in [6, 6.07) is 52.2. The lowest BCUT2D eigenvalue weighted by atomic mass is 9.36. The largest absolute Gasteiger partial charge is 0.311 e. The van der Waals surface area contributed by atoms with E-state index >= 15 is 0 Å². The number of hydrogen-bond donors (Lipinski definition) is 0. The molecule has 2 nitrogen and oxygen atoms in total. The Bertz CT molecular complexity index is 3520. The van der Waals surface area contributed by atoms with Crippen LogP contribution in [0.4, 0.5) is 34.1 Å².